The van der Waals surface area contributed by atoms with E-state index >= 15 is 0 Å². The maximum absolute atomic E-state index is 5.32. The quantitative estimate of drug-likeness (QED) is 0.780. The van der Waals surface area contributed by atoms with Crippen LogP contribution in [0.15, 0.2) is 0 Å². The van der Waals surface area contributed by atoms with Gasteiger partial charge in [0.25, 0.3) is 0 Å². The van der Waals surface area contributed by atoms with Gasteiger partial charge >= 0.3 is 0 Å². The first kappa shape index (κ1) is 16.9. The van der Waals surface area contributed by atoms with Gasteiger partial charge in [0.1, 0.15) is 0 Å². The zero-order chi connectivity index (χ0) is 13.7. The van der Waals surface area contributed by atoms with Crippen LogP contribution < -0.4 is 5.32 Å². The summed E-state index contributed by atoms with van der Waals surface area (Å²) in [5.41, 5.74) is 0.348. The lowest BCUT2D eigenvalue weighted by Crippen LogP contribution is -2.54. The van der Waals surface area contributed by atoms with Gasteiger partial charge in [-0.15, -0.1) is 0 Å². The van der Waals surface area contributed by atoms with Crippen molar-refractivity contribution in [3.05, 3.63) is 0 Å². The molecule has 2 unspecified atom stereocenters. The Labute approximate surface area is 107 Å². The molecule has 0 aromatic rings. The fourth-order valence-electron chi connectivity index (χ4n) is 1.67. The van der Waals surface area contributed by atoms with Crippen LogP contribution in [0.3, 0.4) is 0 Å². The van der Waals surface area contributed by atoms with Gasteiger partial charge in [0.05, 0.1) is 13.2 Å². The van der Waals surface area contributed by atoms with E-state index in [-0.39, 0.29) is 10.8 Å². The van der Waals surface area contributed by atoms with Gasteiger partial charge < -0.3 is 14.8 Å². The fraction of sp³-hybridized carbons (Fsp3) is 1.00. The van der Waals surface area contributed by atoms with Crippen molar-refractivity contribution in [3.63, 3.8) is 0 Å². The Morgan fingerprint density at radius 1 is 0.765 bits per heavy atom. The first-order chi connectivity index (χ1) is 7.62. The number of nitrogens with one attached hydrogen (secondary N) is 1. The molecule has 104 valence electrons. The monoisotopic (exact) mass is 245 g/mol. The van der Waals surface area contributed by atoms with Crippen LogP contribution in [0.2, 0.25) is 0 Å². The molecule has 3 heteroatoms. The summed E-state index contributed by atoms with van der Waals surface area (Å²) < 4.78 is 10.6. The highest BCUT2D eigenvalue weighted by Gasteiger charge is 2.31. The molecule has 0 aromatic carbocycles. The molecule has 17 heavy (non-hydrogen) atoms. The van der Waals surface area contributed by atoms with Crippen molar-refractivity contribution in [2.24, 2.45) is 10.8 Å². The van der Waals surface area contributed by atoms with Gasteiger partial charge in [-0.25, -0.2) is 0 Å². The molecular weight excluding hydrogens is 214 g/mol. The highest BCUT2D eigenvalue weighted by atomic mass is 16.5. The summed E-state index contributed by atoms with van der Waals surface area (Å²) in [4.78, 5) is 0. The number of methoxy groups -OCH3 is 2. The fourth-order valence-corrected chi connectivity index (χ4v) is 1.67. The van der Waals surface area contributed by atoms with Crippen molar-refractivity contribution in [3.8, 4) is 0 Å². The molecule has 0 radical (unpaired) electrons. The third-order valence-electron chi connectivity index (χ3n) is 3.16. The van der Waals surface area contributed by atoms with E-state index in [1.54, 1.807) is 14.2 Å². The molecule has 0 heterocycles. The summed E-state index contributed by atoms with van der Waals surface area (Å²) in [5.74, 6) is 0. The molecule has 0 saturated heterocycles. The topological polar surface area (TPSA) is 30.5 Å². The maximum atomic E-state index is 5.32. The van der Waals surface area contributed by atoms with Crippen LogP contribution in [0.4, 0.5) is 0 Å². The van der Waals surface area contributed by atoms with Gasteiger partial charge in [0, 0.05) is 26.3 Å². The minimum atomic E-state index is 0.174. The summed E-state index contributed by atoms with van der Waals surface area (Å²) in [6.07, 6.45) is 0. The van der Waals surface area contributed by atoms with Gasteiger partial charge in [-0.2, -0.15) is 0 Å². The summed E-state index contributed by atoms with van der Waals surface area (Å²) >= 11 is 0. The zero-order valence-corrected chi connectivity index (χ0v) is 12.9. The predicted molar refractivity (Wildman–Crippen MR) is 73.4 cm³/mol. The summed E-state index contributed by atoms with van der Waals surface area (Å²) in [5, 5.41) is 3.69. The standard InChI is InChI=1S/C14H31NO2/c1-13(2,3)11(9-16-7)15-12(10-17-8)14(4,5)6/h11-12,15H,9-10H2,1-8H3. The first-order valence-electron chi connectivity index (χ1n) is 6.37. The van der Waals surface area contributed by atoms with Crippen molar-refractivity contribution in [2.45, 2.75) is 53.6 Å². The van der Waals surface area contributed by atoms with Crippen LogP contribution in [0.5, 0.6) is 0 Å². The summed E-state index contributed by atoms with van der Waals surface area (Å²) in [6.45, 7) is 14.8. The second-order valence-electron chi connectivity index (χ2n) is 6.91. The van der Waals surface area contributed by atoms with E-state index in [1.807, 2.05) is 0 Å². The molecule has 3 nitrogen and oxygen atoms in total. The summed E-state index contributed by atoms with van der Waals surface area (Å²) in [7, 11) is 3.51. The van der Waals surface area contributed by atoms with E-state index in [2.05, 4.69) is 46.9 Å². The van der Waals surface area contributed by atoms with Crippen LogP contribution >= 0.6 is 0 Å². The average molecular weight is 245 g/mol. The lowest BCUT2D eigenvalue weighted by atomic mass is 9.82. The number of hydrogen-bond acceptors (Lipinski definition) is 3. The van der Waals surface area contributed by atoms with Crippen LogP contribution in [-0.2, 0) is 9.47 Å². The predicted octanol–water partition coefficient (Wildman–Crippen LogP) is 2.70. The Kier molecular flexibility index (Phi) is 6.67. The van der Waals surface area contributed by atoms with E-state index in [4.69, 9.17) is 9.47 Å². The Bertz CT molecular complexity index is 181. The molecule has 0 bridgehead atoms. The van der Waals surface area contributed by atoms with Crippen molar-refractivity contribution in [1.82, 2.24) is 5.32 Å². The van der Waals surface area contributed by atoms with E-state index in [0.717, 1.165) is 13.2 Å². The molecule has 0 spiro atoms. The van der Waals surface area contributed by atoms with E-state index in [9.17, 15) is 0 Å². The highest BCUT2D eigenvalue weighted by molar-refractivity contribution is 4.88. The second kappa shape index (κ2) is 6.72. The van der Waals surface area contributed by atoms with E-state index < -0.39 is 0 Å². The molecule has 0 aliphatic heterocycles. The second-order valence-corrected chi connectivity index (χ2v) is 6.91. The molecule has 0 aromatic heterocycles. The van der Waals surface area contributed by atoms with Gasteiger partial charge in [0.15, 0.2) is 0 Å². The minimum Gasteiger partial charge on any atom is -0.383 e. The molecule has 0 aliphatic carbocycles. The maximum Gasteiger partial charge on any atom is 0.0621 e. The third kappa shape index (κ3) is 6.39. The lowest BCUT2D eigenvalue weighted by molar-refractivity contribution is 0.0596. The van der Waals surface area contributed by atoms with E-state index in [0.29, 0.717) is 12.1 Å². The van der Waals surface area contributed by atoms with Crippen molar-refractivity contribution in [2.75, 3.05) is 27.4 Å². The largest absolute Gasteiger partial charge is 0.383 e. The molecule has 1 N–H and O–H groups in total. The molecule has 0 saturated carbocycles. The van der Waals surface area contributed by atoms with Crippen LogP contribution in [0.1, 0.15) is 41.5 Å². The normalized spacial score (nSPS) is 16.9. The van der Waals surface area contributed by atoms with Gasteiger partial charge in [-0.05, 0) is 10.8 Å². The van der Waals surface area contributed by atoms with Gasteiger partial charge in [0.2, 0.25) is 0 Å². The number of rotatable bonds is 6. The van der Waals surface area contributed by atoms with Crippen LogP contribution in [-0.4, -0.2) is 39.5 Å². The SMILES string of the molecule is COCC(NC(COC)C(C)(C)C)C(C)(C)C. The number of ether oxygens (including phenoxy) is 2. The van der Waals surface area contributed by atoms with Gasteiger partial charge in [-0.3, -0.25) is 0 Å². The zero-order valence-electron chi connectivity index (χ0n) is 12.9. The average Bonchev–Trinajstić information content (AvgIpc) is 2.12. The smallest absolute Gasteiger partial charge is 0.0621 e. The van der Waals surface area contributed by atoms with Crippen LogP contribution in [0, 0.1) is 10.8 Å². The molecule has 0 rings (SSSR count). The molecule has 2 atom stereocenters. The molecule has 0 aliphatic rings. The first-order valence-corrected chi connectivity index (χ1v) is 6.37. The summed E-state index contributed by atoms with van der Waals surface area (Å²) in [6, 6.07) is 0.652. The lowest BCUT2D eigenvalue weighted by Gasteiger charge is -2.39. The Hall–Kier alpha value is -0.120. The molecule has 0 fully saturated rings. The van der Waals surface area contributed by atoms with Crippen molar-refractivity contribution >= 4 is 0 Å². The highest BCUT2D eigenvalue weighted by Crippen LogP contribution is 2.25. The molecular formula is C14H31NO2. The molecule has 0 amide bonds. The Morgan fingerprint density at radius 2 is 1.06 bits per heavy atom. The van der Waals surface area contributed by atoms with Gasteiger partial charge in [-0.1, -0.05) is 41.5 Å². The Balaban J connectivity index is 4.68. The minimum absolute atomic E-state index is 0.174. The third-order valence-corrected chi connectivity index (χ3v) is 3.16. The van der Waals surface area contributed by atoms with Crippen molar-refractivity contribution in [1.29, 1.82) is 0 Å². The van der Waals surface area contributed by atoms with Crippen molar-refractivity contribution < 1.29 is 9.47 Å². The number of hydrogen-bond donors (Lipinski definition) is 1. The Morgan fingerprint density at radius 3 is 1.24 bits per heavy atom. The van der Waals surface area contributed by atoms with E-state index in [1.165, 1.54) is 0 Å². The van der Waals surface area contributed by atoms with Crippen LogP contribution in [0.25, 0.3) is 0 Å².